The lowest BCUT2D eigenvalue weighted by Crippen LogP contribution is -2.62. The Balaban J connectivity index is 1.80. The van der Waals surface area contributed by atoms with E-state index in [4.69, 9.17) is 16.6 Å². The standard InChI is InChI=1S/C24H31NO2S3Si/c1-5-29-23(28)30-22-20(21(26)25-22)19(24(2,3)4)16-27-31(17-12-8-6-9-13-17)18-14-10-7-11-15-18/h6-15,19-20,22,31H,5,16H2,1-4H3,(H,25,26). The van der Waals surface area contributed by atoms with Gasteiger partial charge in [0.2, 0.25) is 14.9 Å². The highest BCUT2D eigenvalue weighted by Crippen LogP contribution is 2.42. The molecule has 7 heteroatoms. The summed E-state index contributed by atoms with van der Waals surface area (Å²) in [6, 6.07) is 21.0. The van der Waals surface area contributed by atoms with Crippen molar-refractivity contribution in [1.82, 2.24) is 5.32 Å². The fourth-order valence-electron chi connectivity index (χ4n) is 3.85. The maximum atomic E-state index is 12.6. The van der Waals surface area contributed by atoms with E-state index in [0.717, 1.165) is 9.28 Å². The first-order valence-corrected chi connectivity index (χ1v) is 14.6. The molecule has 1 aliphatic heterocycles. The van der Waals surface area contributed by atoms with Crippen molar-refractivity contribution < 1.29 is 9.22 Å². The molecule has 2 aromatic carbocycles. The predicted octanol–water partition coefficient (Wildman–Crippen LogP) is 4.05. The Bertz CT molecular complexity index is 834. The van der Waals surface area contributed by atoms with Crippen molar-refractivity contribution in [2.24, 2.45) is 17.3 Å². The monoisotopic (exact) mass is 489 g/mol. The molecule has 0 saturated carbocycles. The highest BCUT2D eigenvalue weighted by Gasteiger charge is 2.49. The Labute approximate surface area is 201 Å². The minimum absolute atomic E-state index is 0.0282. The quantitative estimate of drug-likeness (QED) is 0.344. The third kappa shape index (κ3) is 6.45. The minimum Gasteiger partial charge on any atom is -0.411 e. The highest BCUT2D eigenvalue weighted by molar-refractivity contribution is 8.47. The Hall–Kier alpha value is -1.12. The molecule has 1 aliphatic rings. The van der Waals surface area contributed by atoms with Gasteiger partial charge in [0.1, 0.15) is 3.53 Å². The number of β-lactam (4-membered cyclic amide) rings is 1. The van der Waals surface area contributed by atoms with Crippen LogP contribution in [0.25, 0.3) is 0 Å². The molecule has 1 fully saturated rings. The van der Waals surface area contributed by atoms with Gasteiger partial charge in [-0.2, -0.15) is 0 Å². The number of hydrogen-bond donors (Lipinski definition) is 1. The third-order valence-electron chi connectivity index (χ3n) is 5.59. The Kier molecular flexibility index (Phi) is 8.81. The van der Waals surface area contributed by atoms with E-state index < -0.39 is 9.04 Å². The molecule has 1 amide bonds. The topological polar surface area (TPSA) is 38.3 Å². The lowest BCUT2D eigenvalue weighted by atomic mass is 9.71. The van der Waals surface area contributed by atoms with Gasteiger partial charge in [-0.3, -0.25) is 4.79 Å². The SMILES string of the molecule is CCSC(=S)SC1NC(=O)C1C(CO[SiH](c1ccccc1)c1ccccc1)C(C)(C)C. The first kappa shape index (κ1) is 24.5. The van der Waals surface area contributed by atoms with Crippen molar-refractivity contribution >= 4 is 64.6 Å². The van der Waals surface area contributed by atoms with Gasteiger partial charge in [0.15, 0.2) is 0 Å². The Morgan fingerprint density at radius 2 is 1.65 bits per heavy atom. The molecular weight excluding hydrogens is 459 g/mol. The number of nitrogens with one attached hydrogen (secondary N) is 1. The summed E-state index contributed by atoms with van der Waals surface area (Å²) in [5.41, 5.74) is -0.0624. The first-order chi connectivity index (χ1) is 14.8. The number of thioether (sulfide) groups is 2. The summed E-state index contributed by atoms with van der Waals surface area (Å²) in [5.74, 6) is 1.07. The van der Waals surface area contributed by atoms with Gasteiger partial charge < -0.3 is 9.74 Å². The second kappa shape index (κ2) is 11.1. The van der Waals surface area contributed by atoms with Crippen molar-refractivity contribution in [2.45, 2.75) is 33.1 Å². The Morgan fingerprint density at radius 1 is 1.10 bits per heavy atom. The zero-order chi connectivity index (χ0) is 22.4. The van der Waals surface area contributed by atoms with Gasteiger partial charge >= 0.3 is 0 Å². The van der Waals surface area contributed by atoms with E-state index in [0.29, 0.717) is 6.61 Å². The second-order valence-electron chi connectivity index (χ2n) is 8.76. The lowest BCUT2D eigenvalue weighted by Gasteiger charge is -2.46. The summed E-state index contributed by atoms with van der Waals surface area (Å²) in [7, 11) is -1.86. The van der Waals surface area contributed by atoms with Gasteiger partial charge in [-0.25, -0.2) is 0 Å². The molecule has 3 nitrogen and oxygen atoms in total. The second-order valence-corrected chi connectivity index (χ2v) is 14.8. The maximum absolute atomic E-state index is 12.6. The lowest BCUT2D eigenvalue weighted by molar-refractivity contribution is -0.138. The van der Waals surface area contributed by atoms with Crippen LogP contribution in [0.3, 0.4) is 0 Å². The zero-order valence-electron chi connectivity index (χ0n) is 18.5. The number of carbonyl (C=O) groups excluding carboxylic acids is 1. The smallest absolute Gasteiger partial charge is 0.239 e. The molecule has 3 rings (SSSR count). The van der Waals surface area contributed by atoms with Crippen LogP contribution in [0.5, 0.6) is 0 Å². The number of hydrogen-bond acceptors (Lipinski definition) is 5. The number of thiocarbonyl (C=S) groups is 1. The normalized spacial score (nSPS) is 19.6. The van der Waals surface area contributed by atoms with Crippen LogP contribution in [0, 0.1) is 17.3 Å². The highest BCUT2D eigenvalue weighted by atomic mass is 32.2. The van der Waals surface area contributed by atoms with Crippen LogP contribution in [-0.2, 0) is 9.22 Å². The molecule has 0 radical (unpaired) electrons. The van der Waals surface area contributed by atoms with E-state index in [1.807, 2.05) is 12.1 Å². The van der Waals surface area contributed by atoms with Gasteiger partial charge in [-0.15, -0.1) is 11.8 Å². The van der Waals surface area contributed by atoms with Crippen LogP contribution in [0.15, 0.2) is 60.7 Å². The minimum atomic E-state index is -1.86. The predicted molar refractivity (Wildman–Crippen MR) is 142 cm³/mol. The van der Waals surface area contributed by atoms with E-state index in [1.54, 1.807) is 23.5 Å². The van der Waals surface area contributed by atoms with E-state index in [2.05, 4.69) is 81.5 Å². The van der Waals surface area contributed by atoms with Gasteiger partial charge in [0.05, 0.1) is 11.3 Å². The van der Waals surface area contributed by atoms with Crippen LogP contribution < -0.4 is 15.7 Å². The van der Waals surface area contributed by atoms with Crippen molar-refractivity contribution in [3.05, 3.63) is 60.7 Å². The molecule has 31 heavy (non-hydrogen) atoms. The molecule has 166 valence electrons. The summed E-state index contributed by atoms with van der Waals surface area (Å²) in [6.07, 6.45) is 0. The van der Waals surface area contributed by atoms with Crippen LogP contribution in [-0.4, -0.2) is 36.2 Å². The number of amides is 1. The number of carbonyl (C=O) groups is 1. The van der Waals surface area contributed by atoms with E-state index in [-0.39, 0.29) is 28.5 Å². The molecule has 2 aromatic rings. The number of rotatable bonds is 8. The molecule has 0 bridgehead atoms. The van der Waals surface area contributed by atoms with Crippen molar-refractivity contribution in [3.8, 4) is 0 Å². The van der Waals surface area contributed by atoms with E-state index >= 15 is 0 Å². The first-order valence-electron chi connectivity index (χ1n) is 10.7. The third-order valence-corrected chi connectivity index (χ3v) is 10.8. The molecule has 0 aromatic heterocycles. The fraction of sp³-hybridized carbons (Fsp3) is 0.417. The molecule has 0 aliphatic carbocycles. The van der Waals surface area contributed by atoms with Gasteiger partial charge in [-0.05, 0) is 21.5 Å². The molecule has 1 heterocycles. The summed E-state index contributed by atoms with van der Waals surface area (Å²) in [4.78, 5) is 12.6. The van der Waals surface area contributed by atoms with Crippen LogP contribution >= 0.6 is 35.7 Å². The summed E-state index contributed by atoms with van der Waals surface area (Å²) < 4.78 is 7.62. The summed E-state index contributed by atoms with van der Waals surface area (Å²) in [5, 5.41) is 5.60. The molecule has 1 N–H and O–H groups in total. The van der Waals surface area contributed by atoms with Gasteiger partial charge in [-0.1, -0.05) is 112 Å². The molecular formula is C24H31NO2S3Si. The molecule has 0 spiro atoms. The maximum Gasteiger partial charge on any atom is 0.239 e. The molecule has 1 saturated heterocycles. The van der Waals surface area contributed by atoms with Crippen molar-refractivity contribution in [1.29, 1.82) is 0 Å². The Morgan fingerprint density at radius 3 is 2.10 bits per heavy atom. The average Bonchev–Trinajstić information content (AvgIpc) is 2.73. The van der Waals surface area contributed by atoms with Crippen LogP contribution in [0.2, 0.25) is 0 Å². The molecule has 3 unspecified atom stereocenters. The summed E-state index contributed by atoms with van der Waals surface area (Å²) in [6.45, 7) is 9.27. The zero-order valence-corrected chi connectivity index (χ0v) is 22.1. The van der Waals surface area contributed by atoms with Gasteiger partial charge in [0.25, 0.3) is 0 Å². The van der Waals surface area contributed by atoms with E-state index in [1.165, 1.54) is 10.4 Å². The average molecular weight is 490 g/mol. The molecule has 3 atom stereocenters. The fourth-order valence-corrected chi connectivity index (χ4v) is 8.84. The van der Waals surface area contributed by atoms with Gasteiger partial charge in [0, 0.05) is 12.5 Å². The van der Waals surface area contributed by atoms with Crippen molar-refractivity contribution in [3.63, 3.8) is 0 Å². The van der Waals surface area contributed by atoms with E-state index in [9.17, 15) is 4.79 Å². The summed E-state index contributed by atoms with van der Waals surface area (Å²) >= 11 is 8.76. The van der Waals surface area contributed by atoms with Crippen LogP contribution in [0.1, 0.15) is 27.7 Å². The number of benzene rings is 2. The van der Waals surface area contributed by atoms with Crippen LogP contribution in [0.4, 0.5) is 0 Å². The van der Waals surface area contributed by atoms with Crippen molar-refractivity contribution in [2.75, 3.05) is 12.4 Å². The largest absolute Gasteiger partial charge is 0.411 e.